The predicted octanol–water partition coefficient (Wildman–Crippen LogP) is 2.84. The molecular formula is C19H20ClN3O4. The van der Waals surface area contributed by atoms with E-state index in [1.165, 1.54) is 0 Å². The Hall–Kier alpha value is -3.06. The van der Waals surface area contributed by atoms with E-state index in [0.717, 1.165) is 5.56 Å². The van der Waals surface area contributed by atoms with Gasteiger partial charge in [0.25, 0.3) is 0 Å². The second-order valence-corrected chi connectivity index (χ2v) is 6.20. The molecule has 0 aliphatic carbocycles. The molecule has 2 aromatic carbocycles. The molecule has 2 rings (SSSR count). The van der Waals surface area contributed by atoms with Gasteiger partial charge in [-0.15, -0.1) is 0 Å². The van der Waals surface area contributed by atoms with Crippen molar-refractivity contribution >= 4 is 35.2 Å². The molecule has 0 aliphatic heterocycles. The van der Waals surface area contributed by atoms with Crippen molar-refractivity contribution in [2.75, 3.05) is 5.32 Å². The first-order valence-corrected chi connectivity index (χ1v) is 8.64. The summed E-state index contributed by atoms with van der Waals surface area (Å²) in [5.41, 5.74) is 6.47. The molecule has 0 unspecified atom stereocenters. The zero-order valence-electron chi connectivity index (χ0n) is 14.5. The highest BCUT2D eigenvalue weighted by molar-refractivity contribution is 6.30. The maximum Gasteiger partial charge on any atom is 0.408 e. The molecule has 0 aromatic heterocycles. The number of alkyl carbamates (subject to hydrolysis) is 1. The van der Waals surface area contributed by atoms with Crippen molar-refractivity contribution in [1.82, 2.24) is 5.32 Å². The van der Waals surface area contributed by atoms with Crippen molar-refractivity contribution in [3.05, 3.63) is 65.2 Å². The predicted molar refractivity (Wildman–Crippen MR) is 102 cm³/mol. The summed E-state index contributed by atoms with van der Waals surface area (Å²) < 4.78 is 5.12. The highest BCUT2D eigenvalue weighted by atomic mass is 35.5. The highest BCUT2D eigenvalue weighted by Gasteiger charge is 2.22. The van der Waals surface area contributed by atoms with Crippen LogP contribution in [0.4, 0.5) is 10.5 Å². The Labute approximate surface area is 161 Å². The second-order valence-electron chi connectivity index (χ2n) is 5.76. The van der Waals surface area contributed by atoms with Crippen LogP contribution in [0.2, 0.25) is 5.02 Å². The molecule has 8 heteroatoms. The molecule has 0 saturated carbocycles. The summed E-state index contributed by atoms with van der Waals surface area (Å²) >= 11 is 5.81. The molecule has 2 aromatic rings. The summed E-state index contributed by atoms with van der Waals surface area (Å²) in [4.78, 5) is 35.5. The minimum absolute atomic E-state index is 0.0508. The molecule has 142 valence electrons. The van der Waals surface area contributed by atoms with Crippen LogP contribution in [0.5, 0.6) is 0 Å². The Balaban J connectivity index is 1.95. The van der Waals surface area contributed by atoms with Crippen LogP contribution in [-0.2, 0) is 20.9 Å². The van der Waals surface area contributed by atoms with E-state index >= 15 is 0 Å². The van der Waals surface area contributed by atoms with E-state index in [2.05, 4.69) is 10.6 Å². The number of anilines is 1. The quantitative estimate of drug-likeness (QED) is 0.644. The summed E-state index contributed by atoms with van der Waals surface area (Å²) in [5, 5.41) is 5.65. The number of carbonyl (C=O) groups excluding carboxylic acids is 3. The molecule has 7 nitrogen and oxygen atoms in total. The fourth-order valence-electron chi connectivity index (χ4n) is 2.23. The first kappa shape index (κ1) is 20.3. The van der Waals surface area contributed by atoms with Gasteiger partial charge in [0, 0.05) is 17.1 Å². The number of ether oxygens (including phenoxy) is 1. The van der Waals surface area contributed by atoms with E-state index in [0.29, 0.717) is 10.7 Å². The lowest BCUT2D eigenvalue weighted by Crippen LogP contribution is -2.44. The average Bonchev–Trinajstić information content (AvgIpc) is 2.66. The van der Waals surface area contributed by atoms with Crippen molar-refractivity contribution in [1.29, 1.82) is 0 Å². The maximum atomic E-state index is 12.5. The molecule has 27 heavy (non-hydrogen) atoms. The zero-order valence-corrected chi connectivity index (χ0v) is 15.2. The molecule has 0 radical (unpaired) electrons. The molecular weight excluding hydrogens is 370 g/mol. The van der Waals surface area contributed by atoms with Gasteiger partial charge < -0.3 is 21.1 Å². The van der Waals surface area contributed by atoms with Gasteiger partial charge in [-0.05, 0) is 36.2 Å². The van der Waals surface area contributed by atoms with Crippen molar-refractivity contribution in [3.8, 4) is 0 Å². The molecule has 0 heterocycles. The van der Waals surface area contributed by atoms with Gasteiger partial charge in [-0.3, -0.25) is 9.59 Å². The number of hydrogen-bond acceptors (Lipinski definition) is 4. The summed E-state index contributed by atoms with van der Waals surface area (Å²) in [6.45, 7) is 0.0635. The molecule has 0 aliphatic rings. The van der Waals surface area contributed by atoms with Crippen molar-refractivity contribution in [2.45, 2.75) is 25.5 Å². The lowest BCUT2D eigenvalue weighted by Gasteiger charge is -2.18. The Morgan fingerprint density at radius 3 is 2.33 bits per heavy atom. The number of amides is 3. The third-order valence-corrected chi connectivity index (χ3v) is 3.86. The minimum atomic E-state index is -0.976. The van der Waals surface area contributed by atoms with Gasteiger partial charge in [0.05, 0.1) is 0 Å². The molecule has 4 N–H and O–H groups in total. The lowest BCUT2D eigenvalue weighted by atomic mass is 10.1. The van der Waals surface area contributed by atoms with Crippen LogP contribution in [-0.4, -0.2) is 23.9 Å². The first-order chi connectivity index (χ1) is 12.9. The Morgan fingerprint density at radius 2 is 1.70 bits per heavy atom. The van der Waals surface area contributed by atoms with Crippen molar-refractivity contribution < 1.29 is 19.1 Å². The van der Waals surface area contributed by atoms with Gasteiger partial charge in [0.15, 0.2) is 0 Å². The molecule has 0 saturated heterocycles. The molecule has 0 fully saturated rings. The smallest absolute Gasteiger partial charge is 0.408 e. The topological polar surface area (TPSA) is 111 Å². The average molecular weight is 390 g/mol. The highest BCUT2D eigenvalue weighted by Crippen LogP contribution is 2.14. The molecule has 3 amide bonds. The van der Waals surface area contributed by atoms with E-state index < -0.39 is 23.9 Å². The standard InChI is InChI=1S/C19H20ClN3O4/c20-14-6-8-15(9-7-14)22-18(25)16(10-11-17(21)24)23-19(26)27-12-13-4-2-1-3-5-13/h1-9,16H,10-12H2,(H2,21,24)(H,22,25)(H,23,26)/t16-/m0/s1. The Morgan fingerprint density at radius 1 is 1.04 bits per heavy atom. The van der Waals surface area contributed by atoms with E-state index in [1.54, 1.807) is 24.3 Å². The molecule has 1 atom stereocenters. The lowest BCUT2D eigenvalue weighted by molar-refractivity contribution is -0.119. The van der Waals surface area contributed by atoms with E-state index in [-0.39, 0.29) is 19.4 Å². The first-order valence-electron chi connectivity index (χ1n) is 8.26. The number of rotatable bonds is 8. The van der Waals surface area contributed by atoms with Gasteiger partial charge >= 0.3 is 6.09 Å². The third-order valence-electron chi connectivity index (χ3n) is 3.61. The van der Waals surface area contributed by atoms with Crippen LogP contribution < -0.4 is 16.4 Å². The monoisotopic (exact) mass is 389 g/mol. The van der Waals surface area contributed by atoms with Gasteiger partial charge in [-0.1, -0.05) is 41.9 Å². The van der Waals surface area contributed by atoms with Crippen molar-refractivity contribution in [2.24, 2.45) is 5.73 Å². The number of nitrogens with two attached hydrogens (primary N) is 1. The number of nitrogens with one attached hydrogen (secondary N) is 2. The van der Waals surface area contributed by atoms with Crippen LogP contribution in [0, 0.1) is 0 Å². The van der Waals surface area contributed by atoms with Crippen LogP contribution in [0.1, 0.15) is 18.4 Å². The van der Waals surface area contributed by atoms with E-state index in [9.17, 15) is 14.4 Å². The molecule has 0 bridgehead atoms. The van der Waals surface area contributed by atoms with Crippen LogP contribution in [0.25, 0.3) is 0 Å². The Kier molecular flexibility index (Phi) is 7.63. The third kappa shape index (κ3) is 7.37. The second kappa shape index (κ2) is 10.2. The number of primary amides is 1. The normalized spacial score (nSPS) is 11.3. The van der Waals surface area contributed by atoms with Gasteiger partial charge in [0.1, 0.15) is 12.6 Å². The number of halogens is 1. The maximum absolute atomic E-state index is 12.5. The van der Waals surface area contributed by atoms with Crippen LogP contribution in [0.3, 0.4) is 0 Å². The van der Waals surface area contributed by atoms with E-state index in [4.69, 9.17) is 22.1 Å². The fraction of sp³-hybridized carbons (Fsp3) is 0.211. The summed E-state index contributed by atoms with van der Waals surface area (Å²) in [5.74, 6) is -1.06. The number of hydrogen-bond donors (Lipinski definition) is 3. The SMILES string of the molecule is NC(=O)CC[C@H](NC(=O)OCc1ccccc1)C(=O)Nc1ccc(Cl)cc1. The van der Waals surface area contributed by atoms with Gasteiger partial charge in [0.2, 0.25) is 11.8 Å². The number of benzene rings is 2. The minimum Gasteiger partial charge on any atom is -0.445 e. The summed E-state index contributed by atoms with van der Waals surface area (Å²) in [6.07, 6.45) is -0.771. The van der Waals surface area contributed by atoms with Crippen LogP contribution in [0.15, 0.2) is 54.6 Å². The molecule has 0 spiro atoms. The summed E-state index contributed by atoms with van der Waals surface area (Å²) in [7, 11) is 0. The van der Waals surface area contributed by atoms with Crippen molar-refractivity contribution in [3.63, 3.8) is 0 Å². The van der Waals surface area contributed by atoms with Crippen LogP contribution >= 0.6 is 11.6 Å². The summed E-state index contributed by atoms with van der Waals surface area (Å²) in [6, 6.07) is 14.6. The largest absolute Gasteiger partial charge is 0.445 e. The van der Waals surface area contributed by atoms with E-state index in [1.807, 2.05) is 30.3 Å². The van der Waals surface area contributed by atoms with Gasteiger partial charge in [-0.2, -0.15) is 0 Å². The zero-order chi connectivity index (χ0) is 19.6. The Bertz CT molecular complexity index is 781. The fourth-order valence-corrected chi connectivity index (χ4v) is 2.35. The number of carbonyl (C=O) groups is 3. The van der Waals surface area contributed by atoms with Gasteiger partial charge in [-0.25, -0.2) is 4.79 Å².